The number of phenols is 1. The van der Waals surface area contributed by atoms with Crippen LogP contribution in [0, 0.1) is 0 Å². The predicted octanol–water partition coefficient (Wildman–Crippen LogP) is 5.76. The highest BCUT2D eigenvalue weighted by molar-refractivity contribution is 5.87. The molecule has 200 valence electrons. The van der Waals surface area contributed by atoms with Crippen LogP contribution in [-0.4, -0.2) is 36.1 Å². The van der Waals surface area contributed by atoms with Gasteiger partial charge in [0.2, 0.25) is 11.8 Å². The van der Waals surface area contributed by atoms with Gasteiger partial charge in [-0.05, 0) is 43.5 Å². The molecule has 0 saturated carbocycles. The van der Waals surface area contributed by atoms with Crippen LogP contribution in [0.4, 0.5) is 0 Å². The fraction of sp³-hybridized carbons (Fsp3) is 0.724. The number of hydrogen-bond acceptors (Lipinski definition) is 4. The highest BCUT2D eigenvalue weighted by Crippen LogP contribution is 2.14. The van der Waals surface area contributed by atoms with E-state index in [1.54, 1.807) is 18.2 Å². The number of aromatic hydroxyl groups is 1. The van der Waals surface area contributed by atoms with Crippen molar-refractivity contribution in [1.82, 2.24) is 10.6 Å². The summed E-state index contributed by atoms with van der Waals surface area (Å²) in [7, 11) is 0. The van der Waals surface area contributed by atoms with Gasteiger partial charge in [-0.3, -0.25) is 9.59 Å². The molecular weight excluding hydrogens is 438 g/mol. The summed E-state index contributed by atoms with van der Waals surface area (Å²) in [6.45, 7) is 3.60. The minimum absolute atomic E-state index is 0.0789. The Labute approximate surface area is 213 Å². The van der Waals surface area contributed by atoms with Crippen molar-refractivity contribution in [2.45, 2.75) is 122 Å². The molecule has 1 aromatic carbocycles. The van der Waals surface area contributed by atoms with Gasteiger partial charge < -0.3 is 21.5 Å². The molecule has 6 heteroatoms. The highest BCUT2D eigenvalue weighted by atomic mass is 16.3. The summed E-state index contributed by atoms with van der Waals surface area (Å²) in [6.07, 6.45) is 18.3. The first-order chi connectivity index (χ1) is 17.1. The van der Waals surface area contributed by atoms with Gasteiger partial charge in [0.15, 0.2) is 0 Å². The van der Waals surface area contributed by atoms with Crippen LogP contribution in [0.15, 0.2) is 24.3 Å². The molecule has 5 N–H and O–H groups in total. The molecule has 0 unspecified atom stereocenters. The smallest absolute Gasteiger partial charge is 0.242 e. The SMILES string of the molecule is CCCCCCCC(=O)N[C@@H](Cc1cccc(O)c1)C(=O)NCCCCCCCCCCCCN. The lowest BCUT2D eigenvalue weighted by Gasteiger charge is -2.19. The third-order valence-electron chi connectivity index (χ3n) is 6.44. The molecule has 1 aromatic rings. The quantitative estimate of drug-likeness (QED) is 0.156. The van der Waals surface area contributed by atoms with Gasteiger partial charge in [0.05, 0.1) is 0 Å². The number of carbonyl (C=O) groups excluding carboxylic acids is 2. The molecule has 0 fully saturated rings. The number of amides is 2. The van der Waals surface area contributed by atoms with Crippen molar-refractivity contribution in [2.24, 2.45) is 5.73 Å². The van der Waals surface area contributed by atoms with Gasteiger partial charge in [-0.2, -0.15) is 0 Å². The summed E-state index contributed by atoms with van der Waals surface area (Å²) in [5, 5.41) is 15.7. The topological polar surface area (TPSA) is 104 Å². The molecule has 1 rings (SSSR count). The molecule has 0 aliphatic rings. The Kier molecular flexibility index (Phi) is 18.8. The van der Waals surface area contributed by atoms with E-state index in [0.717, 1.165) is 50.6 Å². The molecule has 0 aromatic heterocycles. The minimum atomic E-state index is -0.626. The Hall–Kier alpha value is -2.08. The van der Waals surface area contributed by atoms with Crippen LogP contribution in [0.1, 0.15) is 115 Å². The van der Waals surface area contributed by atoms with Crippen molar-refractivity contribution >= 4 is 11.8 Å². The molecule has 35 heavy (non-hydrogen) atoms. The second-order valence-corrected chi connectivity index (χ2v) is 9.77. The van der Waals surface area contributed by atoms with Gasteiger partial charge >= 0.3 is 0 Å². The van der Waals surface area contributed by atoms with Crippen molar-refractivity contribution in [1.29, 1.82) is 0 Å². The van der Waals surface area contributed by atoms with Crippen molar-refractivity contribution in [3.63, 3.8) is 0 Å². The second kappa shape index (κ2) is 21.2. The van der Waals surface area contributed by atoms with Gasteiger partial charge in [0, 0.05) is 19.4 Å². The van der Waals surface area contributed by atoms with E-state index in [4.69, 9.17) is 5.73 Å². The number of hydrogen-bond donors (Lipinski definition) is 4. The van der Waals surface area contributed by atoms with Gasteiger partial charge in [0.1, 0.15) is 11.8 Å². The number of phenolic OH excluding ortho intramolecular Hbond substituents is 1. The summed E-state index contributed by atoms with van der Waals surface area (Å²) < 4.78 is 0. The molecule has 0 saturated heterocycles. The summed E-state index contributed by atoms with van der Waals surface area (Å²) in [5.74, 6) is -0.0607. The van der Waals surface area contributed by atoms with Gasteiger partial charge in [0.25, 0.3) is 0 Å². The molecule has 0 heterocycles. The van der Waals surface area contributed by atoms with Gasteiger partial charge in [-0.1, -0.05) is 96.1 Å². The molecule has 0 spiro atoms. The Morgan fingerprint density at radius 2 is 1.46 bits per heavy atom. The number of nitrogens with two attached hydrogens (primary N) is 1. The molecular formula is C29H51N3O3. The van der Waals surface area contributed by atoms with Crippen LogP contribution in [-0.2, 0) is 16.0 Å². The van der Waals surface area contributed by atoms with Crippen LogP contribution in [0.5, 0.6) is 5.75 Å². The van der Waals surface area contributed by atoms with Crippen LogP contribution < -0.4 is 16.4 Å². The first-order valence-electron chi connectivity index (χ1n) is 14.1. The fourth-order valence-electron chi connectivity index (χ4n) is 4.30. The number of unbranched alkanes of at least 4 members (excludes halogenated alkanes) is 13. The Morgan fingerprint density at radius 1 is 0.857 bits per heavy atom. The van der Waals surface area contributed by atoms with Crippen molar-refractivity contribution in [2.75, 3.05) is 13.1 Å². The number of rotatable bonds is 22. The fourth-order valence-corrected chi connectivity index (χ4v) is 4.30. The van der Waals surface area contributed by atoms with Crippen molar-refractivity contribution < 1.29 is 14.7 Å². The molecule has 2 amide bonds. The molecule has 0 aliphatic carbocycles. The highest BCUT2D eigenvalue weighted by Gasteiger charge is 2.21. The molecule has 0 bridgehead atoms. The van der Waals surface area contributed by atoms with E-state index in [2.05, 4.69) is 17.6 Å². The molecule has 0 aliphatic heterocycles. The van der Waals surface area contributed by atoms with E-state index in [-0.39, 0.29) is 17.6 Å². The maximum Gasteiger partial charge on any atom is 0.242 e. The first kappa shape index (κ1) is 31.0. The second-order valence-electron chi connectivity index (χ2n) is 9.77. The summed E-state index contributed by atoms with van der Waals surface area (Å²) in [5.41, 5.74) is 6.35. The minimum Gasteiger partial charge on any atom is -0.508 e. The lowest BCUT2D eigenvalue weighted by Crippen LogP contribution is -2.48. The van der Waals surface area contributed by atoms with E-state index in [9.17, 15) is 14.7 Å². The zero-order valence-electron chi connectivity index (χ0n) is 22.2. The zero-order chi connectivity index (χ0) is 25.6. The maximum absolute atomic E-state index is 12.9. The average molecular weight is 490 g/mol. The Bertz CT molecular complexity index is 681. The monoisotopic (exact) mass is 489 g/mol. The summed E-state index contributed by atoms with van der Waals surface area (Å²) >= 11 is 0. The van der Waals surface area contributed by atoms with E-state index < -0.39 is 6.04 Å². The first-order valence-corrected chi connectivity index (χ1v) is 14.1. The van der Waals surface area contributed by atoms with E-state index >= 15 is 0 Å². The van der Waals surface area contributed by atoms with E-state index in [1.807, 2.05) is 6.07 Å². The number of benzene rings is 1. The normalized spacial score (nSPS) is 11.8. The van der Waals surface area contributed by atoms with Gasteiger partial charge in [-0.25, -0.2) is 0 Å². The molecule has 6 nitrogen and oxygen atoms in total. The van der Waals surface area contributed by atoms with Crippen LogP contribution in [0.25, 0.3) is 0 Å². The van der Waals surface area contributed by atoms with E-state index in [0.29, 0.717) is 19.4 Å². The third kappa shape index (κ3) is 17.1. The summed E-state index contributed by atoms with van der Waals surface area (Å²) in [4.78, 5) is 25.3. The standard InChI is InChI=1S/C29H51N3O3/c1-2-3-4-11-14-20-28(34)32-27(24-25-18-17-19-26(33)23-25)29(35)31-22-16-13-10-8-6-5-7-9-12-15-21-30/h17-19,23,27,33H,2-16,20-22,24,30H2,1H3,(H,31,35)(H,32,34)/t27-/m0/s1. The number of carbonyl (C=O) groups is 2. The van der Waals surface area contributed by atoms with E-state index in [1.165, 1.54) is 57.8 Å². The Morgan fingerprint density at radius 3 is 2.09 bits per heavy atom. The molecule has 1 atom stereocenters. The molecule has 0 radical (unpaired) electrons. The van der Waals surface area contributed by atoms with Crippen molar-refractivity contribution in [3.8, 4) is 5.75 Å². The number of nitrogens with one attached hydrogen (secondary N) is 2. The predicted molar refractivity (Wildman–Crippen MR) is 145 cm³/mol. The largest absolute Gasteiger partial charge is 0.508 e. The summed E-state index contributed by atoms with van der Waals surface area (Å²) in [6, 6.07) is 6.26. The average Bonchev–Trinajstić information content (AvgIpc) is 2.84. The van der Waals surface area contributed by atoms with Gasteiger partial charge in [-0.15, -0.1) is 0 Å². The van der Waals surface area contributed by atoms with Crippen LogP contribution >= 0.6 is 0 Å². The van der Waals surface area contributed by atoms with Crippen LogP contribution in [0.3, 0.4) is 0 Å². The Balaban J connectivity index is 2.33. The maximum atomic E-state index is 12.9. The van der Waals surface area contributed by atoms with Crippen LogP contribution in [0.2, 0.25) is 0 Å². The zero-order valence-corrected chi connectivity index (χ0v) is 22.2. The third-order valence-corrected chi connectivity index (χ3v) is 6.44. The van der Waals surface area contributed by atoms with Crippen molar-refractivity contribution in [3.05, 3.63) is 29.8 Å². The lowest BCUT2D eigenvalue weighted by atomic mass is 10.0. The lowest BCUT2D eigenvalue weighted by molar-refractivity contribution is -0.129.